The fourth-order valence-electron chi connectivity index (χ4n) is 1.93. The molecule has 1 atom stereocenters. The molecule has 4 heteroatoms. The van der Waals surface area contributed by atoms with Gasteiger partial charge < -0.3 is 10.3 Å². The van der Waals surface area contributed by atoms with Crippen molar-refractivity contribution in [3.63, 3.8) is 0 Å². The van der Waals surface area contributed by atoms with Crippen molar-refractivity contribution in [2.24, 2.45) is 11.8 Å². The van der Waals surface area contributed by atoms with Crippen LogP contribution in [0.15, 0.2) is 17.1 Å². The smallest absolute Gasteiger partial charge is 0.256 e. The molecule has 0 saturated heterocycles. The summed E-state index contributed by atoms with van der Waals surface area (Å²) < 4.78 is 0. The van der Waals surface area contributed by atoms with E-state index >= 15 is 0 Å². The number of hydrogen-bond acceptors (Lipinski definition) is 2. The van der Waals surface area contributed by atoms with Crippen molar-refractivity contribution < 1.29 is 4.79 Å². The zero-order chi connectivity index (χ0) is 12.4. The first-order chi connectivity index (χ1) is 8.08. The van der Waals surface area contributed by atoms with E-state index in [1.807, 2.05) is 0 Å². The maximum absolute atomic E-state index is 11.8. The fourth-order valence-corrected chi connectivity index (χ4v) is 1.93. The van der Waals surface area contributed by atoms with Crippen LogP contribution in [0.2, 0.25) is 0 Å². The molecule has 0 aromatic carbocycles. The summed E-state index contributed by atoms with van der Waals surface area (Å²) in [4.78, 5) is 26.3. The van der Waals surface area contributed by atoms with Gasteiger partial charge in [0.25, 0.3) is 5.91 Å². The van der Waals surface area contributed by atoms with Crippen molar-refractivity contribution in [2.75, 3.05) is 6.54 Å². The van der Waals surface area contributed by atoms with Gasteiger partial charge in [0.2, 0.25) is 0 Å². The van der Waals surface area contributed by atoms with E-state index in [0.717, 1.165) is 11.6 Å². The van der Waals surface area contributed by atoms with Gasteiger partial charge in [-0.1, -0.05) is 6.92 Å². The number of H-pyrrole nitrogens is 1. The molecule has 92 valence electrons. The average Bonchev–Trinajstić information content (AvgIpc) is 3.09. The molecule has 1 aromatic heterocycles. The maximum Gasteiger partial charge on any atom is 0.256 e. The van der Waals surface area contributed by atoms with Crippen molar-refractivity contribution >= 4 is 5.91 Å². The van der Waals surface area contributed by atoms with Crippen LogP contribution >= 0.6 is 0 Å². The molecule has 1 saturated carbocycles. The summed E-state index contributed by atoms with van der Waals surface area (Å²) in [6.07, 6.45) is 4.01. The number of pyridine rings is 1. The molecular weight excluding hydrogens is 216 g/mol. The van der Waals surface area contributed by atoms with E-state index in [1.54, 1.807) is 6.92 Å². The minimum absolute atomic E-state index is 0.193. The van der Waals surface area contributed by atoms with Crippen LogP contribution in [0.1, 0.15) is 35.8 Å². The number of amides is 1. The zero-order valence-corrected chi connectivity index (χ0v) is 10.2. The van der Waals surface area contributed by atoms with Gasteiger partial charge in [0.15, 0.2) is 5.43 Å². The zero-order valence-electron chi connectivity index (χ0n) is 10.2. The van der Waals surface area contributed by atoms with Crippen molar-refractivity contribution in [1.29, 1.82) is 0 Å². The molecule has 1 amide bonds. The van der Waals surface area contributed by atoms with Crippen LogP contribution in [0.4, 0.5) is 0 Å². The first kappa shape index (κ1) is 11.9. The van der Waals surface area contributed by atoms with Crippen molar-refractivity contribution in [3.05, 3.63) is 33.7 Å². The lowest BCUT2D eigenvalue weighted by atomic mass is 10.1. The average molecular weight is 234 g/mol. The third-order valence-corrected chi connectivity index (χ3v) is 3.31. The van der Waals surface area contributed by atoms with Crippen molar-refractivity contribution in [2.45, 2.75) is 26.7 Å². The fraction of sp³-hybridized carbons (Fsp3) is 0.538. The third kappa shape index (κ3) is 2.96. The van der Waals surface area contributed by atoms with Gasteiger partial charge in [0.1, 0.15) is 5.56 Å². The molecule has 1 aliphatic rings. The Morgan fingerprint density at radius 1 is 1.59 bits per heavy atom. The number of nitrogens with one attached hydrogen (secondary N) is 2. The molecule has 2 N–H and O–H groups in total. The van der Waals surface area contributed by atoms with Gasteiger partial charge in [-0.05, 0) is 31.6 Å². The maximum atomic E-state index is 11.8. The Morgan fingerprint density at radius 2 is 2.29 bits per heavy atom. The highest BCUT2D eigenvalue weighted by Crippen LogP contribution is 2.36. The minimum atomic E-state index is -0.279. The van der Waals surface area contributed by atoms with Crippen LogP contribution < -0.4 is 10.7 Å². The van der Waals surface area contributed by atoms with E-state index in [-0.39, 0.29) is 16.9 Å². The third-order valence-electron chi connectivity index (χ3n) is 3.31. The number of aromatic amines is 1. The SMILES string of the molecule is Cc1cc(=O)c(C(=O)NCC(C)C2CC2)c[nH]1. The number of rotatable bonds is 4. The lowest BCUT2D eigenvalue weighted by molar-refractivity contribution is 0.0945. The topological polar surface area (TPSA) is 62.0 Å². The van der Waals surface area contributed by atoms with Gasteiger partial charge in [0.05, 0.1) is 0 Å². The monoisotopic (exact) mass is 234 g/mol. The molecule has 1 heterocycles. The summed E-state index contributed by atoms with van der Waals surface area (Å²) in [5, 5.41) is 2.82. The highest BCUT2D eigenvalue weighted by molar-refractivity contribution is 5.93. The Labute approximate surface area is 100 Å². The van der Waals surface area contributed by atoms with Crippen LogP contribution in [-0.2, 0) is 0 Å². The van der Waals surface area contributed by atoms with Crippen LogP contribution in [0, 0.1) is 18.8 Å². The molecule has 1 unspecified atom stereocenters. The van der Waals surface area contributed by atoms with Gasteiger partial charge >= 0.3 is 0 Å². The van der Waals surface area contributed by atoms with E-state index in [2.05, 4.69) is 17.2 Å². The molecule has 0 spiro atoms. The molecule has 0 aliphatic heterocycles. The molecule has 17 heavy (non-hydrogen) atoms. The summed E-state index contributed by atoms with van der Waals surface area (Å²) in [6, 6.07) is 1.44. The van der Waals surface area contributed by atoms with Crippen LogP contribution in [-0.4, -0.2) is 17.4 Å². The Morgan fingerprint density at radius 3 is 2.88 bits per heavy atom. The summed E-state index contributed by atoms with van der Waals surface area (Å²) in [7, 11) is 0. The van der Waals surface area contributed by atoms with E-state index in [1.165, 1.54) is 25.1 Å². The number of hydrogen-bond donors (Lipinski definition) is 2. The van der Waals surface area contributed by atoms with E-state index in [0.29, 0.717) is 12.5 Å². The number of carbonyl (C=O) groups excluding carboxylic acids is 1. The number of aromatic nitrogens is 1. The second kappa shape index (κ2) is 4.73. The summed E-state index contributed by atoms with van der Waals surface area (Å²) >= 11 is 0. The Hall–Kier alpha value is -1.58. The second-order valence-electron chi connectivity index (χ2n) is 4.92. The molecule has 0 bridgehead atoms. The Balaban J connectivity index is 1.96. The highest BCUT2D eigenvalue weighted by Gasteiger charge is 2.28. The molecule has 2 rings (SSSR count). The first-order valence-electron chi connectivity index (χ1n) is 6.05. The van der Waals surface area contributed by atoms with Gasteiger partial charge in [-0.3, -0.25) is 9.59 Å². The largest absolute Gasteiger partial charge is 0.364 e. The van der Waals surface area contributed by atoms with Gasteiger partial charge in [-0.2, -0.15) is 0 Å². The number of aryl methyl sites for hydroxylation is 1. The van der Waals surface area contributed by atoms with E-state index in [9.17, 15) is 9.59 Å². The standard InChI is InChI=1S/C13H18N2O2/c1-8(10-3-4-10)6-15-13(17)11-7-14-9(2)5-12(11)16/h5,7-8,10H,3-4,6H2,1-2H3,(H,14,16)(H,15,17). The van der Waals surface area contributed by atoms with Crippen molar-refractivity contribution in [3.8, 4) is 0 Å². The first-order valence-corrected chi connectivity index (χ1v) is 6.05. The highest BCUT2D eigenvalue weighted by atomic mass is 16.2. The predicted octanol–water partition coefficient (Wildman–Crippen LogP) is 1.46. The minimum Gasteiger partial charge on any atom is -0.364 e. The lowest BCUT2D eigenvalue weighted by Gasteiger charge is -2.11. The van der Waals surface area contributed by atoms with Crippen LogP contribution in [0.3, 0.4) is 0 Å². The molecular formula is C13H18N2O2. The molecule has 0 radical (unpaired) electrons. The van der Waals surface area contributed by atoms with E-state index in [4.69, 9.17) is 0 Å². The quantitative estimate of drug-likeness (QED) is 0.828. The normalized spacial score (nSPS) is 16.6. The summed E-state index contributed by atoms with van der Waals surface area (Å²) in [6.45, 7) is 4.58. The Kier molecular flexibility index (Phi) is 3.31. The predicted molar refractivity (Wildman–Crippen MR) is 66.0 cm³/mol. The van der Waals surface area contributed by atoms with Gasteiger partial charge in [0, 0.05) is 24.5 Å². The van der Waals surface area contributed by atoms with Gasteiger partial charge in [-0.25, -0.2) is 0 Å². The molecule has 1 aliphatic carbocycles. The summed E-state index contributed by atoms with van der Waals surface area (Å²) in [5.74, 6) is 0.980. The van der Waals surface area contributed by atoms with Crippen molar-refractivity contribution in [1.82, 2.24) is 10.3 Å². The van der Waals surface area contributed by atoms with Crippen LogP contribution in [0.25, 0.3) is 0 Å². The van der Waals surface area contributed by atoms with Crippen LogP contribution in [0.5, 0.6) is 0 Å². The second-order valence-corrected chi connectivity index (χ2v) is 4.92. The van der Waals surface area contributed by atoms with Gasteiger partial charge in [-0.15, -0.1) is 0 Å². The molecule has 4 nitrogen and oxygen atoms in total. The lowest BCUT2D eigenvalue weighted by Crippen LogP contribution is -2.32. The Bertz CT molecular complexity index is 475. The molecule has 1 fully saturated rings. The molecule has 1 aromatic rings. The van der Waals surface area contributed by atoms with E-state index < -0.39 is 0 Å². The number of carbonyl (C=O) groups is 1. The summed E-state index contributed by atoms with van der Waals surface area (Å²) in [5.41, 5.74) is 0.731.